The van der Waals surface area contributed by atoms with Gasteiger partial charge in [0.05, 0.1) is 6.10 Å². The van der Waals surface area contributed by atoms with Crippen LogP contribution in [-0.4, -0.2) is 48.1 Å². The van der Waals surface area contributed by atoms with Gasteiger partial charge >= 0.3 is 0 Å². The molecule has 0 aliphatic carbocycles. The summed E-state index contributed by atoms with van der Waals surface area (Å²) in [6.07, 6.45) is 0.156. The van der Waals surface area contributed by atoms with Crippen molar-refractivity contribution in [3.05, 3.63) is 35.3 Å². The number of hydrogen-bond acceptors (Lipinski definition) is 5. The summed E-state index contributed by atoms with van der Waals surface area (Å²) in [5.41, 5.74) is 1.54. The van der Waals surface area contributed by atoms with E-state index >= 15 is 0 Å². The quantitative estimate of drug-likeness (QED) is 0.936. The molecular formula is C17H21N3O2S. The van der Waals surface area contributed by atoms with E-state index in [1.807, 2.05) is 48.4 Å². The fourth-order valence-corrected chi connectivity index (χ4v) is 3.28. The van der Waals surface area contributed by atoms with Crippen molar-refractivity contribution in [2.24, 2.45) is 0 Å². The van der Waals surface area contributed by atoms with Crippen molar-refractivity contribution in [2.45, 2.75) is 20.0 Å². The van der Waals surface area contributed by atoms with E-state index in [-0.39, 0.29) is 12.0 Å². The molecule has 23 heavy (non-hydrogen) atoms. The second-order valence-electron chi connectivity index (χ2n) is 5.77. The molecule has 3 rings (SSSR count). The van der Waals surface area contributed by atoms with Gasteiger partial charge in [0.1, 0.15) is 16.5 Å². The van der Waals surface area contributed by atoms with Gasteiger partial charge in [-0.25, -0.2) is 4.98 Å². The summed E-state index contributed by atoms with van der Waals surface area (Å²) in [4.78, 5) is 18.8. The van der Waals surface area contributed by atoms with Crippen LogP contribution in [0.1, 0.15) is 24.3 Å². The van der Waals surface area contributed by atoms with Gasteiger partial charge in [-0.15, -0.1) is 11.3 Å². The van der Waals surface area contributed by atoms with Crippen LogP contribution in [-0.2, 0) is 0 Å². The molecule has 1 aliphatic heterocycles. The second kappa shape index (κ2) is 7.10. The molecule has 0 saturated carbocycles. The first-order valence-electron chi connectivity index (χ1n) is 7.86. The smallest absolute Gasteiger partial charge is 0.273 e. The summed E-state index contributed by atoms with van der Waals surface area (Å²) >= 11 is 1.50. The van der Waals surface area contributed by atoms with E-state index in [1.165, 1.54) is 11.3 Å². The summed E-state index contributed by atoms with van der Waals surface area (Å²) in [5, 5.41) is 5.95. The number of amides is 1. The average Bonchev–Trinajstić information content (AvgIpc) is 3.05. The van der Waals surface area contributed by atoms with Gasteiger partial charge in [-0.3, -0.25) is 4.79 Å². The normalized spacial score (nSPS) is 15.0. The molecule has 5 nitrogen and oxygen atoms in total. The van der Waals surface area contributed by atoms with Crippen LogP contribution in [0.25, 0.3) is 10.6 Å². The minimum absolute atomic E-state index is 0.0220. The monoisotopic (exact) mass is 331 g/mol. The number of thiazole rings is 1. The predicted octanol–water partition coefficient (Wildman–Crippen LogP) is 2.64. The number of ether oxygens (including phenoxy) is 1. The molecule has 1 saturated heterocycles. The third-order valence-corrected chi connectivity index (χ3v) is 4.49. The lowest BCUT2D eigenvalue weighted by Crippen LogP contribution is -2.46. The molecule has 0 bridgehead atoms. The van der Waals surface area contributed by atoms with Gasteiger partial charge in [0.15, 0.2) is 0 Å². The molecule has 122 valence electrons. The Morgan fingerprint density at radius 1 is 1.26 bits per heavy atom. The second-order valence-corrected chi connectivity index (χ2v) is 6.63. The first kappa shape index (κ1) is 16.0. The Labute approximate surface area is 140 Å². The van der Waals surface area contributed by atoms with Crippen LogP contribution in [0.15, 0.2) is 29.6 Å². The molecule has 1 amide bonds. The average molecular weight is 331 g/mol. The molecule has 6 heteroatoms. The van der Waals surface area contributed by atoms with E-state index < -0.39 is 0 Å². The third kappa shape index (κ3) is 3.89. The maximum absolute atomic E-state index is 12.4. The summed E-state index contributed by atoms with van der Waals surface area (Å²) < 4.78 is 5.64. The highest BCUT2D eigenvalue weighted by Crippen LogP contribution is 2.26. The Morgan fingerprint density at radius 2 is 1.96 bits per heavy atom. The highest BCUT2D eigenvalue weighted by Gasteiger charge is 2.20. The molecule has 1 aromatic heterocycles. The Hall–Kier alpha value is -1.92. The first-order valence-corrected chi connectivity index (χ1v) is 8.74. The van der Waals surface area contributed by atoms with E-state index in [4.69, 9.17) is 4.74 Å². The van der Waals surface area contributed by atoms with Gasteiger partial charge in [-0.1, -0.05) is 0 Å². The van der Waals surface area contributed by atoms with Gasteiger partial charge in [-0.05, 0) is 38.1 Å². The fraction of sp³-hybridized carbons (Fsp3) is 0.412. The van der Waals surface area contributed by atoms with E-state index in [1.54, 1.807) is 0 Å². The summed E-state index contributed by atoms with van der Waals surface area (Å²) in [5.74, 6) is 0.867. The van der Waals surface area contributed by atoms with Gasteiger partial charge in [0.25, 0.3) is 5.91 Å². The van der Waals surface area contributed by atoms with Crippen LogP contribution in [0, 0.1) is 0 Å². The van der Waals surface area contributed by atoms with Gasteiger partial charge < -0.3 is 15.0 Å². The highest BCUT2D eigenvalue weighted by atomic mass is 32.1. The maximum atomic E-state index is 12.4. The number of piperazine rings is 1. The van der Waals surface area contributed by atoms with Crippen molar-refractivity contribution in [3.63, 3.8) is 0 Å². The molecule has 1 fully saturated rings. The lowest BCUT2D eigenvalue weighted by atomic mass is 10.2. The number of benzene rings is 1. The molecule has 2 heterocycles. The third-order valence-electron chi connectivity index (χ3n) is 3.60. The van der Waals surface area contributed by atoms with Crippen LogP contribution in [0.5, 0.6) is 5.75 Å². The largest absolute Gasteiger partial charge is 0.491 e. The zero-order valence-electron chi connectivity index (χ0n) is 13.4. The lowest BCUT2D eigenvalue weighted by molar-refractivity contribution is 0.0731. The van der Waals surface area contributed by atoms with Crippen LogP contribution in [0.2, 0.25) is 0 Å². The Morgan fingerprint density at radius 3 is 2.61 bits per heavy atom. The zero-order chi connectivity index (χ0) is 16.2. The Kier molecular flexibility index (Phi) is 4.93. The molecule has 2 aromatic rings. The molecule has 1 N–H and O–H groups in total. The molecule has 0 spiro atoms. The number of carbonyl (C=O) groups excluding carboxylic acids is 1. The minimum Gasteiger partial charge on any atom is -0.491 e. The van der Waals surface area contributed by atoms with E-state index in [2.05, 4.69) is 10.3 Å². The SMILES string of the molecule is CC(C)Oc1ccc(-c2nc(C(=O)N3CCNCC3)cs2)cc1. The number of nitrogens with one attached hydrogen (secondary N) is 1. The van der Waals surface area contributed by atoms with Crippen LogP contribution in [0.3, 0.4) is 0 Å². The Bertz CT molecular complexity index is 661. The Balaban J connectivity index is 1.72. The highest BCUT2D eigenvalue weighted by molar-refractivity contribution is 7.13. The lowest BCUT2D eigenvalue weighted by Gasteiger charge is -2.26. The number of hydrogen-bond donors (Lipinski definition) is 1. The van der Waals surface area contributed by atoms with E-state index in [0.29, 0.717) is 5.69 Å². The van der Waals surface area contributed by atoms with Gasteiger partial charge in [0.2, 0.25) is 0 Å². The van der Waals surface area contributed by atoms with Crippen molar-refractivity contribution in [2.75, 3.05) is 26.2 Å². The molecule has 0 atom stereocenters. The van der Waals surface area contributed by atoms with Gasteiger partial charge in [0, 0.05) is 37.1 Å². The predicted molar refractivity (Wildman–Crippen MR) is 92.1 cm³/mol. The van der Waals surface area contributed by atoms with Crippen molar-refractivity contribution < 1.29 is 9.53 Å². The van der Waals surface area contributed by atoms with Crippen LogP contribution in [0.4, 0.5) is 0 Å². The summed E-state index contributed by atoms with van der Waals surface area (Å²) in [7, 11) is 0. The summed E-state index contributed by atoms with van der Waals surface area (Å²) in [6, 6.07) is 7.84. The van der Waals surface area contributed by atoms with Crippen LogP contribution >= 0.6 is 11.3 Å². The summed E-state index contributed by atoms with van der Waals surface area (Å²) in [6.45, 7) is 7.19. The molecule has 0 radical (unpaired) electrons. The van der Waals surface area contributed by atoms with Crippen LogP contribution < -0.4 is 10.1 Å². The number of nitrogens with zero attached hydrogens (tertiary/aromatic N) is 2. The fourth-order valence-electron chi connectivity index (χ4n) is 2.48. The van der Waals surface area contributed by atoms with E-state index in [0.717, 1.165) is 42.5 Å². The maximum Gasteiger partial charge on any atom is 0.273 e. The first-order chi connectivity index (χ1) is 11.1. The standard InChI is InChI=1S/C17H21N3O2S/c1-12(2)22-14-5-3-13(4-6-14)16-19-15(11-23-16)17(21)20-9-7-18-8-10-20/h3-6,11-12,18H,7-10H2,1-2H3. The number of carbonyl (C=O) groups is 1. The molecular weight excluding hydrogens is 310 g/mol. The number of rotatable bonds is 4. The van der Waals surface area contributed by atoms with Crippen molar-refractivity contribution in [1.29, 1.82) is 0 Å². The van der Waals surface area contributed by atoms with Crippen molar-refractivity contribution in [3.8, 4) is 16.3 Å². The van der Waals surface area contributed by atoms with Crippen molar-refractivity contribution >= 4 is 17.2 Å². The van der Waals surface area contributed by atoms with Crippen molar-refractivity contribution in [1.82, 2.24) is 15.2 Å². The zero-order valence-corrected chi connectivity index (χ0v) is 14.2. The number of aromatic nitrogens is 1. The minimum atomic E-state index is 0.0220. The van der Waals surface area contributed by atoms with Gasteiger partial charge in [-0.2, -0.15) is 0 Å². The molecule has 1 aliphatic rings. The van der Waals surface area contributed by atoms with E-state index in [9.17, 15) is 4.79 Å². The molecule has 1 aromatic carbocycles. The molecule has 0 unspecified atom stereocenters. The topological polar surface area (TPSA) is 54.5 Å².